The maximum absolute atomic E-state index is 12.5. The number of nitrogens with one attached hydrogen (secondary N) is 3. The second-order valence-corrected chi connectivity index (χ2v) is 7.58. The summed E-state index contributed by atoms with van der Waals surface area (Å²) < 4.78 is 0. The Labute approximate surface area is 143 Å². The van der Waals surface area contributed by atoms with Gasteiger partial charge in [-0.25, -0.2) is 0 Å². The molecule has 3 N–H and O–H groups in total. The Morgan fingerprint density at radius 2 is 2.08 bits per heavy atom. The highest BCUT2D eigenvalue weighted by Crippen LogP contribution is 2.33. The van der Waals surface area contributed by atoms with Crippen LogP contribution in [0.3, 0.4) is 0 Å². The van der Waals surface area contributed by atoms with Crippen molar-refractivity contribution in [1.29, 1.82) is 0 Å². The van der Waals surface area contributed by atoms with E-state index in [1.54, 1.807) is 0 Å². The molecule has 1 aliphatic heterocycles. The molecule has 1 aromatic heterocycles. The Morgan fingerprint density at radius 3 is 2.92 bits per heavy atom. The van der Waals surface area contributed by atoms with Crippen molar-refractivity contribution in [2.45, 2.75) is 64.6 Å². The number of carbonyl (C=O) groups is 1. The summed E-state index contributed by atoms with van der Waals surface area (Å²) in [7, 11) is 0. The van der Waals surface area contributed by atoms with Crippen LogP contribution in [0.4, 0.5) is 0 Å². The topological polar surface area (TPSA) is 56.9 Å². The van der Waals surface area contributed by atoms with Crippen molar-refractivity contribution in [1.82, 2.24) is 15.6 Å². The van der Waals surface area contributed by atoms with Gasteiger partial charge in [0.1, 0.15) is 0 Å². The summed E-state index contributed by atoms with van der Waals surface area (Å²) in [6.07, 6.45) is 6.15. The average molecular weight is 325 g/mol. The fraction of sp³-hybridized carbons (Fsp3) is 0.550. The van der Waals surface area contributed by atoms with Crippen molar-refractivity contribution < 1.29 is 4.79 Å². The minimum absolute atomic E-state index is 0.00179. The van der Waals surface area contributed by atoms with E-state index in [9.17, 15) is 4.79 Å². The number of rotatable bonds is 3. The normalized spacial score (nSPS) is 26.5. The van der Waals surface area contributed by atoms with E-state index < -0.39 is 0 Å². The van der Waals surface area contributed by atoms with Crippen LogP contribution < -0.4 is 10.6 Å². The SMILES string of the molecule is Cc1[nH]c2ccc(CNC(=O)C3CC4CCCCC4N3)cc2c1C. The van der Waals surface area contributed by atoms with Gasteiger partial charge in [0.25, 0.3) is 0 Å². The molecule has 1 aliphatic carbocycles. The third kappa shape index (κ3) is 2.84. The fourth-order valence-electron chi connectivity index (χ4n) is 4.45. The van der Waals surface area contributed by atoms with Crippen LogP contribution in [0.2, 0.25) is 0 Å². The van der Waals surface area contributed by atoms with Crippen LogP contribution in [-0.2, 0) is 11.3 Å². The van der Waals surface area contributed by atoms with Gasteiger partial charge in [-0.2, -0.15) is 0 Å². The quantitative estimate of drug-likeness (QED) is 0.811. The highest BCUT2D eigenvalue weighted by Gasteiger charge is 2.37. The molecule has 0 radical (unpaired) electrons. The first-order valence-corrected chi connectivity index (χ1v) is 9.23. The monoisotopic (exact) mass is 325 g/mol. The molecule has 2 fully saturated rings. The van der Waals surface area contributed by atoms with Crippen molar-refractivity contribution in [2.75, 3.05) is 0 Å². The van der Waals surface area contributed by atoms with Crippen molar-refractivity contribution in [3.05, 3.63) is 35.0 Å². The van der Waals surface area contributed by atoms with Crippen LogP contribution in [0.5, 0.6) is 0 Å². The Hall–Kier alpha value is -1.81. The molecule has 1 amide bonds. The molecule has 24 heavy (non-hydrogen) atoms. The number of carbonyl (C=O) groups excluding carboxylic acids is 1. The lowest BCUT2D eigenvalue weighted by atomic mass is 9.85. The van der Waals surface area contributed by atoms with E-state index in [4.69, 9.17) is 0 Å². The van der Waals surface area contributed by atoms with Gasteiger partial charge in [0.15, 0.2) is 0 Å². The van der Waals surface area contributed by atoms with E-state index in [-0.39, 0.29) is 11.9 Å². The van der Waals surface area contributed by atoms with Crippen LogP contribution in [0.1, 0.15) is 48.9 Å². The Kier molecular flexibility index (Phi) is 4.09. The zero-order chi connectivity index (χ0) is 16.7. The number of amides is 1. The fourth-order valence-corrected chi connectivity index (χ4v) is 4.45. The van der Waals surface area contributed by atoms with Crippen LogP contribution in [0.25, 0.3) is 10.9 Å². The number of fused-ring (bicyclic) bond motifs is 2. The lowest BCUT2D eigenvalue weighted by molar-refractivity contribution is -0.123. The summed E-state index contributed by atoms with van der Waals surface area (Å²) in [5.41, 5.74) is 4.83. The van der Waals surface area contributed by atoms with Crippen LogP contribution >= 0.6 is 0 Å². The summed E-state index contributed by atoms with van der Waals surface area (Å²) in [5.74, 6) is 0.864. The van der Waals surface area contributed by atoms with Gasteiger partial charge in [-0.1, -0.05) is 18.9 Å². The molecule has 2 heterocycles. The van der Waals surface area contributed by atoms with Crippen molar-refractivity contribution in [3.8, 4) is 0 Å². The zero-order valence-electron chi connectivity index (χ0n) is 14.6. The van der Waals surface area contributed by atoms with Gasteiger partial charge in [-0.05, 0) is 62.3 Å². The first kappa shape index (κ1) is 15.7. The lowest BCUT2D eigenvalue weighted by Gasteiger charge is -2.24. The highest BCUT2D eigenvalue weighted by atomic mass is 16.2. The van der Waals surface area contributed by atoms with Crippen LogP contribution in [0, 0.1) is 19.8 Å². The van der Waals surface area contributed by atoms with Crippen LogP contribution in [0.15, 0.2) is 18.2 Å². The molecule has 4 rings (SSSR count). The summed E-state index contributed by atoms with van der Waals surface area (Å²) in [6, 6.07) is 6.96. The Bertz CT molecular complexity index is 750. The van der Waals surface area contributed by atoms with Gasteiger partial charge in [-0.15, -0.1) is 0 Å². The molecular weight excluding hydrogens is 298 g/mol. The van der Waals surface area contributed by atoms with E-state index >= 15 is 0 Å². The second-order valence-electron chi connectivity index (χ2n) is 7.58. The van der Waals surface area contributed by atoms with E-state index in [1.807, 2.05) is 0 Å². The molecule has 1 aromatic carbocycles. The molecule has 3 atom stereocenters. The number of H-pyrrole nitrogens is 1. The summed E-state index contributed by atoms with van der Waals surface area (Å²) >= 11 is 0. The molecule has 1 saturated heterocycles. The number of aryl methyl sites for hydroxylation is 2. The minimum atomic E-state index is -0.00179. The molecule has 2 aliphatic rings. The molecule has 0 bridgehead atoms. The number of aromatic amines is 1. The largest absolute Gasteiger partial charge is 0.358 e. The van der Waals surface area contributed by atoms with Gasteiger partial charge >= 0.3 is 0 Å². The third-order valence-corrected chi connectivity index (χ3v) is 6.02. The molecule has 4 heteroatoms. The summed E-state index contributed by atoms with van der Waals surface area (Å²) in [6.45, 7) is 4.84. The third-order valence-electron chi connectivity index (χ3n) is 6.02. The van der Waals surface area contributed by atoms with E-state index in [2.05, 4.69) is 47.7 Å². The van der Waals surface area contributed by atoms with E-state index in [1.165, 1.54) is 47.8 Å². The smallest absolute Gasteiger partial charge is 0.237 e. The maximum Gasteiger partial charge on any atom is 0.237 e. The molecule has 1 saturated carbocycles. The number of hydrogen-bond acceptors (Lipinski definition) is 2. The van der Waals surface area contributed by atoms with Gasteiger partial charge in [0, 0.05) is 29.2 Å². The van der Waals surface area contributed by atoms with Gasteiger partial charge in [0.2, 0.25) is 5.91 Å². The van der Waals surface area contributed by atoms with Gasteiger partial charge in [-0.3, -0.25) is 4.79 Å². The maximum atomic E-state index is 12.5. The highest BCUT2D eigenvalue weighted by molar-refractivity contribution is 5.85. The Morgan fingerprint density at radius 1 is 1.25 bits per heavy atom. The number of aromatic nitrogens is 1. The second kappa shape index (κ2) is 6.25. The number of hydrogen-bond donors (Lipinski definition) is 3. The predicted molar refractivity (Wildman–Crippen MR) is 96.9 cm³/mol. The molecule has 3 unspecified atom stereocenters. The van der Waals surface area contributed by atoms with Crippen molar-refractivity contribution in [2.24, 2.45) is 5.92 Å². The molecule has 4 nitrogen and oxygen atoms in total. The Balaban J connectivity index is 1.39. The first-order valence-electron chi connectivity index (χ1n) is 9.23. The zero-order valence-corrected chi connectivity index (χ0v) is 14.6. The molecule has 128 valence electrons. The average Bonchev–Trinajstić information content (AvgIpc) is 3.15. The standard InChI is InChI=1S/C20H27N3O/c1-12-13(2)22-18-8-7-14(9-16(12)18)11-21-20(24)19-10-15-5-3-4-6-17(15)23-19/h7-9,15,17,19,22-23H,3-6,10-11H2,1-2H3,(H,21,24). The van der Waals surface area contributed by atoms with E-state index in [0.717, 1.165) is 12.0 Å². The molecule has 0 spiro atoms. The first-order chi connectivity index (χ1) is 11.6. The molecular formula is C20H27N3O. The van der Waals surface area contributed by atoms with E-state index in [0.29, 0.717) is 18.5 Å². The van der Waals surface area contributed by atoms with Crippen molar-refractivity contribution >= 4 is 16.8 Å². The predicted octanol–water partition coefficient (Wildman–Crippen LogP) is 3.32. The van der Waals surface area contributed by atoms with Gasteiger partial charge in [0.05, 0.1) is 6.04 Å². The van der Waals surface area contributed by atoms with Crippen molar-refractivity contribution in [3.63, 3.8) is 0 Å². The number of benzene rings is 1. The summed E-state index contributed by atoms with van der Waals surface area (Å²) in [4.78, 5) is 15.9. The lowest BCUT2D eigenvalue weighted by Crippen LogP contribution is -2.42. The molecule has 2 aromatic rings. The van der Waals surface area contributed by atoms with Gasteiger partial charge < -0.3 is 15.6 Å². The minimum Gasteiger partial charge on any atom is -0.358 e. The van der Waals surface area contributed by atoms with Crippen LogP contribution in [-0.4, -0.2) is 23.0 Å². The summed E-state index contributed by atoms with van der Waals surface area (Å²) in [5, 5.41) is 7.94.